The lowest BCUT2D eigenvalue weighted by atomic mass is 10.1. The molecule has 0 fully saturated rings. The molecule has 6 nitrogen and oxygen atoms in total. The summed E-state index contributed by atoms with van der Waals surface area (Å²) < 4.78 is 1.49. The Balaban J connectivity index is 1.75. The van der Waals surface area contributed by atoms with Crippen molar-refractivity contribution < 1.29 is 0 Å². The first kappa shape index (κ1) is 17.2. The van der Waals surface area contributed by atoms with E-state index in [1.807, 2.05) is 32.0 Å². The van der Waals surface area contributed by atoms with Crippen molar-refractivity contribution in [3.63, 3.8) is 0 Å². The fourth-order valence-corrected chi connectivity index (χ4v) is 3.10. The summed E-state index contributed by atoms with van der Waals surface area (Å²) in [6.45, 7) is 5.14. The monoisotopic (exact) mass is 358 g/mol. The zero-order valence-corrected chi connectivity index (χ0v) is 14.9. The summed E-state index contributed by atoms with van der Waals surface area (Å²) >= 11 is 6.18. The molecule has 3 aromatic rings. The highest BCUT2D eigenvalue weighted by molar-refractivity contribution is 6.31. The summed E-state index contributed by atoms with van der Waals surface area (Å²) in [7, 11) is 0. The van der Waals surface area contributed by atoms with Crippen LogP contribution in [-0.2, 0) is 6.54 Å². The van der Waals surface area contributed by atoms with Gasteiger partial charge in [0.25, 0.3) is 5.56 Å². The number of anilines is 1. The van der Waals surface area contributed by atoms with E-state index in [4.69, 9.17) is 11.6 Å². The van der Waals surface area contributed by atoms with Gasteiger partial charge in [-0.3, -0.25) is 14.8 Å². The van der Waals surface area contributed by atoms with Gasteiger partial charge in [0.1, 0.15) is 0 Å². The summed E-state index contributed by atoms with van der Waals surface area (Å²) in [5.74, 6) is 0. The number of benzene rings is 1. The molecule has 0 radical (unpaired) electrons. The minimum absolute atomic E-state index is 0.384. The number of aromatic amines is 1. The van der Waals surface area contributed by atoms with E-state index in [0.29, 0.717) is 18.1 Å². The van der Waals surface area contributed by atoms with E-state index in [0.717, 1.165) is 34.3 Å². The number of rotatable bonds is 5. The molecule has 0 unspecified atom stereocenters. The second-order valence-corrected chi connectivity index (χ2v) is 6.45. The smallest absolute Gasteiger partial charge is 0.328 e. The lowest BCUT2D eigenvalue weighted by Gasteiger charge is -2.13. The van der Waals surface area contributed by atoms with Crippen LogP contribution in [0.1, 0.15) is 17.7 Å². The quantitative estimate of drug-likeness (QED) is 0.687. The summed E-state index contributed by atoms with van der Waals surface area (Å²) in [4.78, 5) is 29.6. The Bertz CT molecular complexity index is 1040. The number of nitrogens with one attached hydrogen (secondary N) is 2. The van der Waals surface area contributed by atoms with Crippen LogP contribution in [0.3, 0.4) is 0 Å². The second-order valence-electron chi connectivity index (χ2n) is 6.01. The molecule has 0 bridgehead atoms. The molecular formula is C18H19ClN4O2. The van der Waals surface area contributed by atoms with E-state index in [2.05, 4.69) is 15.3 Å². The van der Waals surface area contributed by atoms with Gasteiger partial charge in [-0.2, -0.15) is 0 Å². The first-order valence-corrected chi connectivity index (χ1v) is 8.43. The molecule has 3 rings (SSSR count). The van der Waals surface area contributed by atoms with Gasteiger partial charge >= 0.3 is 5.69 Å². The fourth-order valence-electron chi connectivity index (χ4n) is 2.82. The largest absolute Gasteiger partial charge is 0.384 e. The molecule has 0 saturated carbocycles. The van der Waals surface area contributed by atoms with Crippen LogP contribution in [0.4, 0.5) is 5.69 Å². The maximum absolute atomic E-state index is 11.7. The average molecular weight is 359 g/mol. The van der Waals surface area contributed by atoms with Gasteiger partial charge in [0.2, 0.25) is 0 Å². The maximum Gasteiger partial charge on any atom is 0.328 e. The lowest BCUT2D eigenvalue weighted by molar-refractivity contribution is 0.619. The number of H-pyrrole nitrogens is 1. The normalized spacial score (nSPS) is 11.0. The minimum Gasteiger partial charge on any atom is -0.384 e. The van der Waals surface area contributed by atoms with E-state index in [9.17, 15) is 9.59 Å². The summed E-state index contributed by atoms with van der Waals surface area (Å²) in [6, 6.07) is 7.15. The minimum atomic E-state index is -0.389. The lowest BCUT2D eigenvalue weighted by Crippen LogP contribution is -2.29. The van der Waals surface area contributed by atoms with Crippen LogP contribution in [0, 0.1) is 13.8 Å². The number of halogens is 1. The van der Waals surface area contributed by atoms with Crippen molar-refractivity contribution >= 4 is 28.2 Å². The van der Waals surface area contributed by atoms with Crippen LogP contribution in [0.15, 0.2) is 40.1 Å². The van der Waals surface area contributed by atoms with Gasteiger partial charge in [-0.1, -0.05) is 11.6 Å². The van der Waals surface area contributed by atoms with Gasteiger partial charge in [-0.15, -0.1) is 0 Å². The number of hydrogen-bond acceptors (Lipinski definition) is 4. The van der Waals surface area contributed by atoms with Gasteiger partial charge in [0.15, 0.2) is 0 Å². The van der Waals surface area contributed by atoms with E-state index in [1.165, 1.54) is 16.8 Å². The number of aryl methyl sites for hydroxylation is 3. The molecule has 7 heteroatoms. The van der Waals surface area contributed by atoms with Crippen molar-refractivity contribution in [2.75, 3.05) is 11.9 Å². The zero-order chi connectivity index (χ0) is 18.0. The first-order valence-electron chi connectivity index (χ1n) is 8.05. The Hall–Kier alpha value is -2.60. The molecule has 2 aromatic heterocycles. The molecule has 1 aromatic carbocycles. The van der Waals surface area contributed by atoms with Crippen LogP contribution >= 0.6 is 11.6 Å². The third-order valence-corrected chi connectivity index (χ3v) is 4.20. The molecule has 2 N–H and O–H groups in total. The molecule has 0 atom stereocenters. The van der Waals surface area contributed by atoms with Gasteiger partial charge in [-0.25, -0.2) is 4.79 Å². The number of nitrogens with zero attached hydrogens (tertiary/aromatic N) is 2. The van der Waals surface area contributed by atoms with Crippen molar-refractivity contribution in [3.05, 3.63) is 67.6 Å². The molecule has 0 aliphatic heterocycles. The first-order chi connectivity index (χ1) is 11.9. The third kappa shape index (κ3) is 3.91. The standard InChI is InChI=1S/C18H19ClN4O2/c1-11-8-13(19)10-14-15(9-12(2)21-17(11)14)20-5-3-6-23-7-4-16(24)22-18(23)25/h4,7-10H,3,5-6H2,1-2H3,(H,20,21)(H,22,24,25). The molecule has 0 spiro atoms. The highest BCUT2D eigenvalue weighted by atomic mass is 35.5. The molecule has 0 amide bonds. The van der Waals surface area contributed by atoms with Crippen LogP contribution in [-0.4, -0.2) is 21.1 Å². The predicted octanol–water partition coefficient (Wildman–Crippen LogP) is 2.86. The second kappa shape index (κ2) is 7.11. The van der Waals surface area contributed by atoms with Crippen LogP contribution < -0.4 is 16.6 Å². The number of hydrogen-bond donors (Lipinski definition) is 2. The summed E-state index contributed by atoms with van der Waals surface area (Å²) in [5.41, 5.74) is 3.10. The Kier molecular flexibility index (Phi) is 4.90. The van der Waals surface area contributed by atoms with Crippen molar-refractivity contribution in [2.45, 2.75) is 26.8 Å². The Morgan fingerprint density at radius 1 is 1.24 bits per heavy atom. The summed E-state index contributed by atoms with van der Waals surface area (Å²) in [5, 5.41) is 5.06. The van der Waals surface area contributed by atoms with Crippen molar-refractivity contribution in [3.8, 4) is 0 Å². The van der Waals surface area contributed by atoms with E-state index in [1.54, 1.807) is 0 Å². The Labute approximate surface area is 149 Å². The van der Waals surface area contributed by atoms with Gasteiger partial charge in [0.05, 0.1) is 5.52 Å². The Morgan fingerprint density at radius 2 is 2.04 bits per heavy atom. The number of aromatic nitrogens is 3. The molecule has 0 aliphatic carbocycles. The zero-order valence-electron chi connectivity index (χ0n) is 14.1. The fraction of sp³-hybridized carbons (Fsp3) is 0.278. The molecule has 0 saturated heterocycles. The Morgan fingerprint density at radius 3 is 2.80 bits per heavy atom. The maximum atomic E-state index is 11.7. The van der Waals surface area contributed by atoms with Gasteiger partial charge in [-0.05, 0) is 44.0 Å². The third-order valence-electron chi connectivity index (χ3n) is 3.98. The van der Waals surface area contributed by atoms with Gasteiger partial charge < -0.3 is 9.88 Å². The predicted molar refractivity (Wildman–Crippen MR) is 101 cm³/mol. The highest BCUT2D eigenvalue weighted by Gasteiger charge is 2.08. The summed E-state index contributed by atoms with van der Waals surface area (Å²) in [6.07, 6.45) is 2.24. The van der Waals surface area contributed by atoms with Crippen molar-refractivity contribution in [2.24, 2.45) is 0 Å². The van der Waals surface area contributed by atoms with Crippen LogP contribution in [0.5, 0.6) is 0 Å². The SMILES string of the molecule is Cc1cc(NCCCn2ccc(=O)[nH]c2=O)c2cc(Cl)cc(C)c2n1. The molecule has 0 aliphatic rings. The molecule has 25 heavy (non-hydrogen) atoms. The molecule has 130 valence electrons. The number of fused-ring (bicyclic) bond motifs is 1. The topological polar surface area (TPSA) is 79.8 Å². The van der Waals surface area contributed by atoms with Crippen molar-refractivity contribution in [1.82, 2.24) is 14.5 Å². The molecular weight excluding hydrogens is 340 g/mol. The van der Waals surface area contributed by atoms with E-state index in [-0.39, 0.29) is 11.2 Å². The molecule has 2 heterocycles. The van der Waals surface area contributed by atoms with E-state index >= 15 is 0 Å². The van der Waals surface area contributed by atoms with E-state index < -0.39 is 0 Å². The van der Waals surface area contributed by atoms with Crippen LogP contribution in [0.25, 0.3) is 10.9 Å². The van der Waals surface area contributed by atoms with Gasteiger partial charge in [0, 0.05) is 47.1 Å². The highest BCUT2D eigenvalue weighted by Crippen LogP contribution is 2.28. The average Bonchev–Trinajstić information content (AvgIpc) is 2.54. The van der Waals surface area contributed by atoms with Crippen molar-refractivity contribution in [1.29, 1.82) is 0 Å². The van der Waals surface area contributed by atoms with Crippen LogP contribution in [0.2, 0.25) is 5.02 Å². The number of pyridine rings is 1.